The first-order valence-corrected chi connectivity index (χ1v) is 14.8. The van der Waals surface area contributed by atoms with E-state index in [1.165, 1.54) is 17.2 Å². The first kappa shape index (κ1) is 24.3. The van der Waals surface area contributed by atoms with Gasteiger partial charge in [0.2, 0.25) is 0 Å². The molecule has 0 heterocycles. The molecule has 0 N–H and O–H groups in total. The Kier molecular flexibility index (Phi) is 8.70. The fourth-order valence-corrected chi connectivity index (χ4v) is 9.89. The van der Waals surface area contributed by atoms with Gasteiger partial charge in [-0.25, -0.2) is 0 Å². The van der Waals surface area contributed by atoms with Crippen molar-refractivity contribution in [2.45, 2.75) is 54.3 Å². The predicted molar refractivity (Wildman–Crippen MR) is 130 cm³/mol. The molecular formula is C28H32AsFO2. The molecule has 4 heteroatoms. The Morgan fingerprint density at radius 1 is 0.906 bits per heavy atom. The number of benzene rings is 3. The Bertz CT molecular complexity index is 983. The first-order valence-electron chi connectivity index (χ1n) is 11.1. The average Bonchev–Trinajstić information content (AvgIpc) is 2.75. The van der Waals surface area contributed by atoms with Gasteiger partial charge in [0.1, 0.15) is 0 Å². The zero-order chi connectivity index (χ0) is 23.0. The standard InChI is InChI=1S/C28H32AsFO2/c1-28(2,3)32-27(31)20-26(24-15-10-16-25(30)19-24)29(21-23-13-8-5-9-14-23)18-17-22-11-6-4-7-12-22/h4-16,19,26H,17-18,20-21H2,1-3H3/t26-,29?/m0/s1. The molecule has 0 fully saturated rings. The minimum absolute atomic E-state index is 0.0111. The maximum atomic E-state index is 14.2. The monoisotopic (exact) mass is 494 g/mol. The summed E-state index contributed by atoms with van der Waals surface area (Å²) in [6, 6.07) is 27.7. The normalized spacial score (nSPS) is 13.4. The molecule has 0 spiro atoms. The van der Waals surface area contributed by atoms with Crippen LogP contribution in [0.15, 0.2) is 84.9 Å². The second kappa shape index (κ2) is 11.5. The van der Waals surface area contributed by atoms with Crippen LogP contribution in [0, 0.1) is 5.82 Å². The van der Waals surface area contributed by atoms with Crippen molar-refractivity contribution < 1.29 is 13.9 Å². The molecule has 0 aliphatic carbocycles. The van der Waals surface area contributed by atoms with Gasteiger partial charge in [0.05, 0.1) is 0 Å². The van der Waals surface area contributed by atoms with Crippen LogP contribution >= 0.6 is 0 Å². The summed E-state index contributed by atoms with van der Waals surface area (Å²) in [4.78, 5) is 12.9. The molecule has 0 amide bonds. The van der Waals surface area contributed by atoms with Crippen LogP contribution in [-0.2, 0) is 21.2 Å². The van der Waals surface area contributed by atoms with Crippen LogP contribution in [0.3, 0.4) is 0 Å². The van der Waals surface area contributed by atoms with E-state index >= 15 is 0 Å². The molecule has 3 aromatic carbocycles. The molecule has 2 nitrogen and oxygen atoms in total. The van der Waals surface area contributed by atoms with Crippen molar-refractivity contribution in [2.75, 3.05) is 0 Å². The van der Waals surface area contributed by atoms with Crippen molar-refractivity contribution in [1.29, 1.82) is 0 Å². The number of hydrogen-bond donors (Lipinski definition) is 0. The third-order valence-electron chi connectivity index (χ3n) is 5.21. The van der Waals surface area contributed by atoms with E-state index in [2.05, 4.69) is 48.5 Å². The van der Waals surface area contributed by atoms with Gasteiger partial charge in [0.25, 0.3) is 0 Å². The van der Waals surface area contributed by atoms with Crippen molar-refractivity contribution in [3.8, 4) is 0 Å². The number of esters is 1. The fourth-order valence-electron chi connectivity index (χ4n) is 3.79. The molecule has 0 saturated carbocycles. The number of carbonyl (C=O) groups excluding carboxylic acids is 1. The van der Waals surface area contributed by atoms with Crippen molar-refractivity contribution in [1.82, 2.24) is 0 Å². The quantitative estimate of drug-likeness (QED) is 0.244. The number of aryl methyl sites for hydroxylation is 1. The zero-order valence-electron chi connectivity index (χ0n) is 19.1. The Labute approximate surface area is 196 Å². The molecule has 32 heavy (non-hydrogen) atoms. The number of hydrogen-bond acceptors (Lipinski definition) is 2. The number of halogens is 1. The van der Waals surface area contributed by atoms with Gasteiger partial charge in [-0.1, -0.05) is 0 Å². The van der Waals surface area contributed by atoms with E-state index in [4.69, 9.17) is 4.74 Å². The van der Waals surface area contributed by atoms with Gasteiger partial charge in [0, 0.05) is 0 Å². The van der Waals surface area contributed by atoms with E-state index in [1.54, 1.807) is 12.1 Å². The van der Waals surface area contributed by atoms with Gasteiger partial charge < -0.3 is 0 Å². The third-order valence-corrected chi connectivity index (χ3v) is 11.4. The second-order valence-corrected chi connectivity index (χ2v) is 14.4. The van der Waals surface area contributed by atoms with E-state index in [0.717, 1.165) is 22.4 Å². The van der Waals surface area contributed by atoms with Crippen molar-refractivity contribution in [3.05, 3.63) is 107 Å². The molecule has 1 unspecified atom stereocenters. The zero-order valence-corrected chi connectivity index (χ0v) is 21.0. The summed E-state index contributed by atoms with van der Waals surface area (Å²) in [7, 11) is 0. The Balaban J connectivity index is 1.91. The summed E-state index contributed by atoms with van der Waals surface area (Å²) in [6.07, 6.45) is 1.26. The molecule has 3 aromatic rings. The Hall–Kier alpha value is -2.38. The van der Waals surface area contributed by atoms with Gasteiger partial charge in [-0.15, -0.1) is 0 Å². The summed E-state index contributed by atoms with van der Waals surface area (Å²) in [5, 5.41) is 2.00. The van der Waals surface area contributed by atoms with Gasteiger partial charge >= 0.3 is 196 Å². The van der Waals surface area contributed by atoms with Crippen molar-refractivity contribution >= 4 is 20.6 Å². The van der Waals surface area contributed by atoms with Crippen LogP contribution in [0.4, 0.5) is 4.39 Å². The van der Waals surface area contributed by atoms with E-state index in [-0.39, 0.29) is 16.5 Å². The molecule has 0 aliphatic rings. The summed E-state index contributed by atoms with van der Waals surface area (Å²) in [6.45, 7) is 5.66. The first-order chi connectivity index (χ1) is 15.3. The summed E-state index contributed by atoms with van der Waals surface area (Å²) >= 11 is -1.67. The van der Waals surface area contributed by atoms with Gasteiger partial charge in [-0.3, -0.25) is 0 Å². The number of carbonyl (C=O) groups is 1. The topological polar surface area (TPSA) is 26.3 Å². The molecule has 0 bridgehead atoms. The van der Waals surface area contributed by atoms with Gasteiger partial charge in [-0.2, -0.15) is 0 Å². The molecule has 0 aliphatic heterocycles. The molecule has 168 valence electrons. The number of ether oxygens (including phenoxy) is 1. The molecule has 0 saturated heterocycles. The molecule has 0 radical (unpaired) electrons. The van der Waals surface area contributed by atoms with Crippen LogP contribution < -0.4 is 0 Å². The Morgan fingerprint density at radius 2 is 1.53 bits per heavy atom. The average molecular weight is 494 g/mol. The van der Waals surface area contributed by atoms with E-state index in [9.17, 15) is 9.18 Å². The van der Waals surface area contributed by atoms with Gasteiger partial charge in [-0.05, 0) is 0 Å². The maximum absolute atomic E-state index is 14.2. The van der Waals surface area contributed by atoms with E-state index in [1.807, 2.05) is 39.0 Å². The molecular weight excluding hydrogens is 462 g/mol. The summed E-state index contributed by atoms with van der Waals surface area (Å²) in [5.41, 5.74) is 2.96. The predicted octanol–water partition coefficient (Wildman–Crippen LogP) is 6.70. The summed E-state index contributed by atoms with van der Waals surface area (Å²) in [5.74, 6) is -0.465. The molecule has 0 aromatic heterocycles. The Morgan fingerprint density at radius 3 is 2.12 bits per heavy atom. The minimum atomic E-state index is -1.67. The van der Waals surface area contributed by atoms with E-state index < -0.39 is 20.3 Å². The fraction of sp³-hybridized carbons (Fsp3) is 0.321. The van der Waals surface area contributed by atoms with Crippen LogP contribution in [0.25, 0.3) is 0 Å². The molecule has 2 atom stereocenters. The third kappa shape index (κ3) is 7.95. The van der Waals surface area contributed by atoms with Gasteiger partial charge in [0.15, 0.2) is 0 Å². The van der Waals surface area contributed by atoms with Crippen LogP contribution in [-0.4, -0.2) is 26.2 Å². The summed E-state index contributed by atoms with van der Waals surface area (Å²) < 4.78 is 19.9. The van der Waals surface area contributed by atoms with Crippen LogP contribution in [0.2, 0.25) is 5.21 Å². The second-order valence-electron chi connectivity index (χ2n) is 9.05. The molecule has 3 rings (SSSR count). The van der Waals surface area contributed by atoms with E-state index in [0.29, 0.717) is 6.42 Å². The van der Waals surface area contributed by atoms with Crippen molar-refractivity contribution in [2.24, 2.45) is 0 Å². The van der Waals surface area contributed by atoms with Crippen LogP contribution in [0.5, 0.6) is 0 Å². The van der Waals surface area contributed by atoms with Crippen molar-refractivity contribution in [3.63, 3.8) is 0 Å². The van der Waals surface area contributed by atoms with Crippen LogP contribution in [0.1, 0.15) is 48.6 Å². The number of rotatable bonds is 9. The SMILES string of the molecule is CC(C)(C)OC(=O)C[C@@H](c1cccc(F)c1)[As](CCc1ccccc1)Cc1ccccc1.